The Morgan fingerprint density at radius 3 is 2.62 bits per heavy atom. The highest BCUT2D eigenvalue weighted by Gasteiger charge is 2.46. The molecule has 0 saturated carbocycles. The number of sulfonamides is 1. The van der Waals surface area contributed by atoms with Gasteiger partial charge in [0.05, 0.1) is 0 Å². The van der Waals surface area contributed by atoms with Gasteiger partial charge < -0.3 is 4.90 Å². The van der Waals surface area contributed by atoms with Crippen molar-refractivity contribution in [1.29, 1.82) is 0 Å². The molecule has 132 valence electrons. The lowest BCUT2D eigenvalue weighted by Gasteiger charge is -2.37. The third-order valence-corrected chi connectivity index (χ3v) is 8.27. The first-order valence-electron chi connectivity index (χ1n) is 8.27. The highest BCUT2D eigenvalue weighted by molar-refractivity contribution is 7.91. The van der Waals surface area contributed by atoms with Crippen LogP contribution in [0.5, 0.6) is 0 Å². The van der Waals surface area contributed by atoms with Gasteiger partial charge in [0.25, 0.3) is 10.0 Å². The third kappa shape index (κ3) is 3.43. The van der Waals surface area contributed by atoms with Gasteiger partial charge in [0.1, 0.15) is 4.21 Å². The van der Waals surface area contributed by atoms with Crippen LogP contribution in [0.3, 0.4) is 0 Å². The van der Waals surface area contributed by atoms with Crippen molar-refractivity contribution in [2.75, 3.05) is 26.2 Å². The van der Waals surface area contributed by atoms with Gasteiger partial charge in [-0.25, -0.2) is 8.42 Å². The Kier molecular flexibility index (Phi) is 4.86. The van der Waals surface area contributed by atoms with Gasteiger partial charge >= 0.3 is 0 Å². The summed E-state index contributed by atoms with van der Waals surface area (Å²) in [6, 6.07) is 3.42. The Hall–Kier alpha value is -1.18. The van der Waals surface area contributed by atoms with Crippen LogP contribution in [-0.2, 0) is 14.8 Å². The van der Waals surface area contributed by atoms with Gasteiger partial charge in [-0.15, -0.1) is 11.3 Å². The average molecular weight is 369 g/mol. The summed E-state index contributed by atoms with van der Waals surface area (Å²) in [5, 5.41) is 1.79. The first-order chi connectivity index (χ1) is 11.3. The predicted octanol–water partition coefficient (Wildman–Crippen LogP) is 2.72. The predicted molar refractivity (Wildman–Crippen MR) is 95.4 cm³/mol. The number of carbonyl (C=O) groups is 1. The molecule has 24 heavy (non-hydrogen) atoms. The maximum Gasteiger partial charge on any atom is 0.252 e. The highest BCUT2D eigenvalue weighted by Crippen LogP contribution is 2.42. The molecule has 1 amide bonds. The summed E-state index contributed by atoms with van der Waals surface area (Å²) in [6.45, 7) is 6.49. The molecule has 1 aromatic rings. The fourth-order valence-electron chi connectivity index (χ4n) is 3.51. The molecule has 2 aliphatic heterocycles. The number of carbonyl (C=O) groups excluding carboxylic acids is 1. The van der Waals surface area contributed by atoms with Crippen molar-refractivity contribution >= 4 is 27.3 Å². The Balaban J connectivity index is 1.65. The molecule has 2 aliphatic rings. The van der Waals surface area contributed by atoms with Crippen LogP contribution in [0.25, 0.3) is 0 Å². The van der Waals surface area contributed by atoms with E-state index in [9.17, 15) is 13.2 Å². The number of nitrogens with zero attached hydrogens (tertiary/aromatic N) is 2. The fraction of sp³-hybridized carbons (Fsp3) is 0.588. The van der Waals surface area contributed by atoms with Crippen LogP contribution < -0.4 is 0 Å². The minimum absolute atomic E-state index is 0.0476. The minimum Gasteiger partial charge on any atom is -0.338 e. The van der Waals surface area contributed by atoms with E-state index >= 15 is 0 Å². The van der Waals surface area contributed by atoms with Crippen LogP contribution >= 0.6 is 11.3 Å². The fourth-order valence-corrected chi connectivity index (χ4v) is 6.10. The van der Waals surface area contributed by atoms with E-state index in [1.54, 1.807) is 21.8 Å². The maximum absolute atomic E-state index is 12.6. The lowest BCUT2D eigenvalue weighted by atomic mass is 9.78. The van der Waals surface area contributed by atoms with Gasteiger partial charge in [-0.3, -0.25) is 4.79 Å². The zero-order valence-corrected chi connectivity index (χ0v) is 15.8. The molecule has 5 nitrogen and oxygen atoms in total. The Morgan fingerprint density at radius 1 is 1.33 bits per heavy atom. The number of hydrogen-bond donors (Lipinski definition) is 0. The molecule has 0 radical (unpaired) electrons. The SMILES string of the molecule is CC(C)=CCN1CC2(CCN(S(=O)(=O)c3cccs3)CC2)CC1=O. The molecule has 0 N–H and O–H groups in total. The maximum atomic E-state index is 12.6. The lowest BCUT2D eigenvalue weighted by molar-refractivity contribution is -0.127. The van der Waals surface area contributed by atoms with Crippen molar-refractivity contribution in [2.45, 2.75) is 37.3 Å². The van der Waals surface area contributed by atoms with Crippen molar-refractivity contribution in [2.24, 2.45) is 5.41 Å². The van der Waals surface area contributed by atoms with E-state index in [0.717, 1.165) is 19.4 Å². The summed E-state index contributed by atoms with van der Waals surface area (Å²) in [6.07, 6.45) is 4.15. The average Bonchev–Trinajstić information content (AvgIpc) is 3.15. The second-order valence-corrected chi connectivity index (χ2v) is 10.2. The summed E-state index contributed by atoms with van der Waals surface area (Å²) >= 11 is 1.26. The molecule has 0 atom stereocenters. The number of piperidine rings is 1. The molecule has 0 unspecified atom stereocenters. The van der Waals surface area contributed by atoms with E-state index in [-0.39, 0.29) is 11.3 Å². The number of thiophene rings is 1. The van der Waals surface area contributed by atoms with Crippen molar-refractivity contribution in [3.05, 3.63) is 29.2 Å². The number of hydrogen-bond acceptors (Lipinski definition) is 4. The van der Waals surface area contributed by atoms with Crippen LogP contribution in [0.15, 0.2) is 33.4 Å². The molecule has 2 fully saturated rings. The second kappa shape index (κ2) is 6.61. The first kappa shape index (κ1) is 17.6. The molecule has 7 heteroatoms. The van der Waals surface area contributed by atoms with Gasteiger partial charge in [0.15, 0.2) is 0 Å². The zero-order valence-electron chi connectivity index (χ0n) is 14.2. The molecular formula is C17H24N2O3S2. The summed E-state index contributed by atoms with van der Waals surface area (Å²) < 4.78 is 27.2. The van der Waals surface area contributed by atoms with E-state index < -0.39 is 10.0 Å². The van der Waals surface area contributed by atoms with Gasteiger partial charge in [0, 0.05) is 32.6 Å². The number of allylic oxidation sites excluding steroid dienone is 1. The van der Waals surface area contributed by atoms with Crippen molar-refractivity contribution < 1.29 is 13.2 Å². The Labute approximate surface area is 148 Å². The highest BCUT2D eigenvalue weighted by atomic mass is 32.2. The van der Waals surface area contributed by atoms with Crippen molar-refractivity contribution in [1.82, 2.24) is 9.21 Å². The zero-order chi connectivity index (χ0) is 17.4. The van der Waals surface area contributed by atoms with Gasteiger partial charge in [-0.05, 0) is 43.6 Å². The lowest BCUT2D eigenvalue weighted by Crippen LogP contribution is -2.44. The van der Waals surface area contributed by atoms with Gasteiger partial charge in [-0.1, -0.05) is 17.7 Å². The summed E-state index contributed by atoms with van der Waals surface area (Å²) in [4.78, 5) is 14.2. The Bertz CT molecular complexity index is 726. The van der Waals surface area contributed by atoms with Gasteiger partial charge in [-0.2, -0.15) is 4.31 Å². The summed E-state index contributed by atoms with van der Waals surface area (Å²) in [5.74, 6) is 0.196. The number of rotatable bonds is 4. The van der Waals surface area contributed by atoms with Crippen LogP contribution in [0, 0.1) is 5.41 Å². The topological polar surface area (TPSA) is 57.7 Å². The van der Waals surface area contributed by atoms with E-state index in [0.29, 0.717) is 30.3 Å². The Morgan fingerprint density at radius 2 is 2.04 bits per heavy atom. The molecule has 0 aliphatic carbocycles. The molecule has 0 aromatic carbocycles. The van der Waals surface area contributed by atoms with E-state index in [4.69, 9.17) is 0 Å². The van der Waals surface area contributed by atoms with Gasteiger partial charge in [0.2, 0.25) is 5.91 Å². The number of amides is 1. The monoisotopic (exact) mass is 368 g/mol. The van der Waals surface area contributed by atoms with Crippen molar-refractivity contribution in [3.63, 3.8) is 0 Å². The molecule has 1 spiro atoms. The molecular weight excluding hydrogens is 344 g/mol. The minimum atomic E-state index is -3.37. The largest absolute Gasteiger partial charge is 0.338 e. The molecule has 1 aromatic heterocycles. The van der Waals surface area contributed by atoms with Crippen LogP contribution in [0.4, 0.5) is 0 Å². The van der Waals surface area contributed by atoms with Crippen LogP contribution in [0.2, 0.25) is 0 Å². The molecule has 3 heterocycles. The molecule has 0 bridgehead atoms. The normalized spacial score (nSPS) is 21.4. The molecule has 2 saturated heterocycles. The standard InChI is InChI=1S/C17H24N2O3S2/c1-14(2)5-8-18-13-17(12-15(18)20)6-9-19(10-7-17)24(21,22)16-4-3-11-23-16/h3-5,11H,6-10,12-13H2,1-2H3. The van der Waals surface area contributed by atoms with Crippen molar-refractivity contribution in [3.8, 4) is 0 Å². The van der Waals surface area contributed by atoms with Crippen LogP contribution in [-0.4, -0.2) is 49.7 Å². The van der Waals surface area contributed by atoms with E-state index in [1.165, 1.54) is 16.9 Å². The third-order valence-electron chi connectivity index (χ3n) is 5.00. The quantitative estimate of drug-likeness (QED) is 0.768. The first-order valence-corrected chi connectivity index (χ1v) is 10.6. The summed E-state index contributed by atoms with van der Waals surface area (Å²) in [5.41, 5.74) is 1.16. The van der Waals surface area contributed by atoms with Crippen LogP contribution in [0.1, 0.15) is 33.1 Å². The second-order valence-electron chi connectivity index (χ2n) is 7.07. The summed E-state index contributed by atoms with van der Waals surface area (Å²) in [7, 11) is -3.37. The smallest absolute Gasteiger partial charge is 0.252 e. The number of likely N-dealkylation sites (tertiary alicyclic amines) is 1. The van der Waals surface area contributed by atoms with E-state index in [1.807, 2.05) is 18.7 Å². The molecule has 3 rings (SSSR count). The van der Waals surface area contributed by atoms with E-state index in [2.05, 4.69) is 6.08 Å².